The van der Waals surface area contributed by atoms with Crippen molar-refractivity contribution in [2.75, 3.05) is 16.4 Å². The summed E-state index contributed by atoms with van der Waals surface area (Å²) >= 11 is 12.0. The second kappa shape index (κ2) is 6.31. The molecule has 1 aromatic carbocycles. The first-order valence-electron chi connectivity index (χ1n) is 6.55. The number of hydrogen-bond donors (Lipinski definition) is 3. The van der Waals surface area contributed by atoms with E-state index in [4.69, 9.17) is 33.5 Å². The predicted molar refractivity (Wildman–Crippen MR) is 90.7 cm³/mol. The molecule has 0 atom stereocenters. The highest BCUT2D eigenvalue weighted by atomic mass is 35.5. The highest BCUT2D eigenvalue weighted by Crippen LogP contribution is 2.30. The third-order valence-electron chi connectivity index (χ3n) is 2.88. The summed E-state index contributed by atoms with van der Waals surface area (Å²) < 4.78 is 4.99. The zero-order valence-corrected chi connectivity index (χ0v) is 13.5. The Morgan fingerprint density at radius 1 is 1.00 bits per heavy atom. The number of nitrogens with zero attached hydrogens (tertiary/aromatic N) is 3. The Morgan fingerprint density at radius 3 is 2.26 bits per heavy atom. The van der Waals surface area contributed by atoms with Gasteiger partial charge in [-0.05, 0) is 25.1 Å². The van der Waals surface area contributed by atoms with Gasteiger partial charge in [0.15, 0.2) is 17.5 Å². The Labute approximate surface area is 141 Å². The molecule has 9 heteroatoms. The topological polar surface area (TPSA) is 102 Å². The van der Waals surface area contributed by atoms with Gasteiger partial charge in [0.2, 0.25) is 0 Å². The van der Waals surface area contributed by atoms with Crippen LogP contribution in [0.3, 0.4) is 0 Å². The summed E-state index contributed by atoms with van der Waals surface area (Å²) in [6.07, 6.45) is 1.38. The van der Waals surface area contributed by atoms with Crippen LogP contribution in [0, 0.1) is 6.92 Å². The van der Waals surface area contributed by atoms with Crippen LogP contribution in [-0.2, 0) is 0 Å². The molecule has 2 aromatic heterocycles. The van der Waals surface area contributed by atoms with Crippen LogP contribution in [0.1, 0.15) is 5.76 Å². The average Bonchev–Trinajstić information content (AvgIpc) is 2.87. The molecule has 118 valence electrons. The average molecular weight is 351 g/mol. The number of benzene rings is 1. The van der Waals surface area contributed by atoms with Crippen molar-refractivity contribution in [3.63, 3.8) is 0 Å². The SMILES string of the molecule is Cc1cc(Nc2ncnc(Nc3cc(Cl)cc(Cl)c3)c2N)no1. The van der Waals surface area contributed by atoms with E-state index in [0.29, 0.717) is 44.6 Å². The molecule has 0 aliphatic heterocycles. The van der Waals surface area contributed by atoms with Crippen molar-refractivity contribution in [3.8, 4) is 0 Å². The Hall–Kier alpha value is -2.51. The Balaban J connectivity index is 1.87. The highest BCUT2D eigenvalue weighted by molar-refractivity contribution is 6.35. The predicted octanol–water partition coefficient (Wildman–Crippen LogP) is 4.15. The fourth-order valence-corrected chi connectivity index (χ4v) is 2.43. The van der Waals surface area contributed by atoms with E-state index in [-0.39, 0.29) is 0 Å². The summed E-state index contributed by atoms with van der Waals surface area (Å²) in [5.74, 6) is 2.00. The normalized spacial score (nSPS) is 10.6. The van der Waals surface area contributed by atoms with Gasteiger partial charge in [-0.15, -0.1) is 0 Å². The van der Waals surface area contributed by atoms with Crippen LogP contribution in [0.5, 0.6) is 0 Å². The summed E-state index contributed by atoms with van der Waals surface area (Å²) in [5, 5.41) is 10.9. The van der Waals surface area contributed by atoms with Gasteiger partial charge in [0.1, 0.15) is 17.8 Å². The van der Waals surface area contributed by atoms with Gasteiger partial charge < -0.3 is 20.9 Å². The number of nitrogens with one attached hydrogen (secondary N) is 2. The summed E-state index contributed by atoms with van der Waals surface area (Å²) in [6.45, 7) is 1.79. The van der Waals surface area contributed by atoms with E-state index >= 15 is 0 Å². The van der Waals surface area contributed by atoms with E-state index in [0.717, 1.165) is 0 Å². The van der Waals surface area contributed by atoms with Gasteiger partial charge >= 0.3 is 0 Å². The molecule has 7 nitrogen and oxygen atoms in total. The van der Waals surface area contributed by atoms with Gasteiger partial charge in [-0.3, -0.25) is 0 Å². The molecular formula is C14H12Cl2N6O. The smallest absolute Gasteiger partial charge is 0.175 e. The van der Waals surface area contributed by atoms with Crippen molar-refractivity contribution in [2.24, 2.45) is 0 Å². The maximum Gasteiger partial charge on any atom is 0.175 e. The molecule has 3 rings (SSSR count). The van der Waals surface area contributed by atoms with Crippen LogP contribution in [0.4, 0.5) is 28.8 Å². The number of aromatic nitrogens is 3. The van der Waals surface area contributed by atoms with Gasteiger partial charge in [0.25, 0.3) is 0 Å². The Kier molecular flexibility index (Phi) is 4.22. The molecular weight excluding hydrogens is 339 g/mol. The van der Waals surface area contributed by atoms with Crippen LogP contribution < -0.4 is 16.4 Å². The monoisotopic (exact) mass is 350 g/mol. The van der Waals surface area contributed by atoms with E-state index in [1.807, 2.05) is 0 Å². The molecule has 4 N–H and O–H groups in total. The summed E-state index contributed by atoms with van der Waals surface area (Å²) in [6, 6.07) is 6.79. The van der Waals surface area contributed by atoms with Crippen molar-refractivity contribution >= 4 is 52.0 Å². The molecule has 0 amide bonds. The first kappa shape index (κ1) is 15.4. The van der Waals surface area contributed by atoms with Crippen molar-refractivity contribution in [1.29, 1.82) is 0 Å². The zero-order valence-electron chi connectivity index (χ0n) is 12.0. The third kappa shape index (κ3) is 3.64. The van der Waals surface area contributed by atoms with Gasteiger partial charge in [-0.1, -0.05) is 28.4 Å². The summed E-state index contributed by atoms with van der Waals surface area (Å²) in [7, 11) is 0. The van der Waals surface area contributed by atoms with Crippen LogP contribution in [-0.4, -0.2) is 15.1 Å². The van der Waals surface area contributed by atoms with Gasteiger partial charge in [-0.2, -0.15) is 0 Å². The van der Waals surface area contributed by atoms with Crippen LogP contribution >= 0.6 is 23.2 Å². The molecule has 0 fully saturated rings. The molecule has 0 spiro atoms. The van der Waals surface area contributed by atoms with Crippen LogP contribution in [0.15, 0.2) is 35.1 Å². The maximum absolute atomic E-state index is 6.09. The Morgan fingerprint density at radius 2 is 1.65 bits per heavy atom. The first-order valence-corrected chi connectivity index (χ1v) is 7.31. The van der Waals surface area contributed by atoms with Gasteiger partial charge in [0, 0.05) is 21.8 Å². The lowest BCUT2D eigenvalue weighted by molar-refractivity contribution is 0.400. The number of anilines is 5. The minimum absolute atomic E-state index is 0.323. The fourth-order valence-electron chi connectivity index (χ4n) is 1.90. The zero-order chi connectivity index (χ0) is 16.4. The minimum Gasteiger partial charge on any atom is -0.393 e. The third-order valence-corrected chi connectivity index (χ3v) is 3.32. The van der Waals surface area contributed by atoms with E-state index in [9.17, 15) is 0 Å². The molecule has 0 radical (unpaired) electrons. The number of hydrogen-bond acceptors (Lipinski definition) is 7. The Bertz CT molecular complexity index is 831. The second-order valence-corrected chi connectivity index (χ2v) is 5.59. The van der Waals surface area contributed by atoms with Crippen molar-refractivity contribution in [3.05, 3.63) is 46.4 Å². The molecule has 23 heavy (non-hydrogen) atoms. The first-order chi connectivity index (χ1) is 11.0. The number of rotatable bonds is 4. The molecule has 0 bridgehead atoms. The number of nitrogen functional groups attached to an aromatic ring is 1. The molecule has 0 aliphatic rings. The van der Waals surface area contributed by atoms with Gasteiger partial charge in [0.05, 0.1) is 0 Å². The number of halogens is 2. The van der Waals surface area contributed by atoms with Crippen LogP contribution in [0.2, 0.25) is 10.0 Å². The van der Waals surface area contributed by atoms with Gasteiger partial charge in [-0.25, -0.2) is 9.97 Å². The quantitative estimate of drug-likeness (QED) is 0.649. The van der Waals surface area contributed by atoms with Crippen molar-refractivity contribution < 1.29 is 4.52 Å². The summed E-state index contributed by atoms with van der Waals surface area (Å²) in [5.41, 5.74) is 7.07. The molecule has 3 aromatic rings. The lowest BCUT2D eigenvalue weighted by atomic mass is 10.3. The van der Waals surface area contributed by atoms with Crippen LogP contribution in [0.25, 0.3) is 0 Å². The molecule has 0 aliphatic carbocycles. The highest BCUT2D eigenvalue weighted by Gasteiger charge is 2.11. The van der Waals surface area contributed by atoms with E-state index < -0.39 is 0 Å². The largest absolute Gasteiger partial charge is 0.393 e. The number of aryl methyl sites for hydroxylation is 1. The summed E-state index contributed by atoms with van der Waals surface area (Å²) in [4.78, 5) is 8.22. The molecule has 0 saturated carbocycles. The second-order valence-electron chi connectivity index (χ2n) is 4.72. The minimum atomic E-state index is 0.323. The van der Waals surface area contributed by atoms with E-state index in [1.165, 1.54) is 6.33 Å². The van der Waals surface area contributed by atoms with E-state index in [1.54, 1.807) is 31.2 Å². The van der Waals surface area contributed by atoms with Crippen molar-refractivity contribution in [1.82, 2.24) is 15.1 Å². The van der Waals surface area contributed by atoms with Crippen molar-refractivity contribution in [2.45, 2.75) is 6.92 Å². The lowest BCUT2D eigenvalue weighted by Gasteiger charge is -2.11. The fraction of sp³-hybridized carbons (Fsp3) is 0.0714. The molecule has 2 heterocycles. The maximum atomic E-state index is 6.09. The lowest BCUT2D eigenvalue weighted by Crippen LogP contribution is -2.05. The molecule has 0 saturated heterocycles. The molecule has 0 unspecified atom stereocenters. The van der Waals surface area contributed by atoms with E-state index in [2.05, 4.69) is 25.8 Å². The number of nitrogens with two attached hydrogens (primary N) is 1. The standard InChI is InChI=1S/C14H12Cl2N6O/c1-7-2-11(22-23-7)21-14-12(17)13(18-6-19-14)20-10-4-8(15)3-9(16)5-10/h2-6H,17H2,1H3,(H2,18,19,20,21,22).